The van der Waals surface area contributed by atoms with Crippen molar-refractivity contribution in [2.75, 3.05) is 13.2 Å². The van der Waals surface area contributed by atoms with E-state index in [2.05, 4.69) is 50.9 Å². The SMILES string of the molecule is CCOc1cc(Br)c(C(Br)c2ccc(C)s2)cc1OCC. The van der Waals surface area contributed by atoms with Crippen molar-refractivity contribution in [1.82, 2.24) is 0 Å². The fourth-order valence-corrected chi connectivity index (χ4v) is 4.57. The lowest BCUT2D eigenvalue weighted by atomic mass is 10.1. The maximum absolute atomic E-state index is 5.71. The van der Waals surface area contributed by atoms with E-state index in [0.29, 0.717) is 13.2 Å². The molecule has 5 heteroatoms. The number of aryl methyl sites for hydroxylation is 1. The summed E-state index contributed by atoms with van der Waals surface area (Å²) < 4.78 is 12.4. The highest BCUT2D eigenvalue weighted by molar-refractivity contribution is 9.11. The Morgan fingerprint density at radius 2 is 1.71 bits per heavy atom. The van der Waals surface area contributed by atoms with E-state index in [1.54, 1.807) is 11.3 Å². The van der Waals surface area contributed by atoms with Crippen LogP contribution in [0.2, 0.25) is 0 Å². The molecular weight excluding hydrogens is 416 g/mol. The van der Waals surface area contributed by atoms with Crippen molar-refractivity contribution >= 4 is 43.2 Å². The molecule has 2 rings (SSSR count). The van der Waals surface area contributed by atoms with Crippen LogP contribution in [0.15, 0.2) is 28.7 Å². The van der Waals surface area contributed by atoms with Gasteiger partial charge in [0.15, 0.2) is 11.5 Å². The number of thiophene rings is 1. The van der Waals surface area contributed by atoms with E-state index in [9.17, 15) is 0 Å². The van der Waals surface area contributed by atoms with E-state index in [-0.39, 0.29) is 4.83 Å². The Hall–Kier alpha value is -0.520. The Labute approximate surface area is 146 Å². The molecule has 0 amide bonds. The first kappa shape index (κ1) is 16.8. The average molecular weight is 434 g/mol. The van der Waals surface area contributed by atoms with Gasteiger partial charge in [-0.1, -0.05) is 31.9 Å². The Morgan fingerprint density at radius 1 is 1.10 bits per heavy atom. The minimum Gasteiger partial charge on any atom is -0.490 e. The van der Waals surface area contributed by atoms with Crippen LogP contribution in [0, 0.1) is 6.92 Å². The topological polar surface area (TPSA) is 18.5 Å². The lowest BCUT2D eigenvalue weighted by molar-refractivity contribution is 0.287. The number of alkyl halides is 1. The van der Waals surface area contributed by atoms with E-state index in [1.165, 1.54) is 9.75 Å². The zero-order valence-electron chi connectivity index (χ0n) is 12.3. The van der Waals surface area contributed by atoms with Gasteiger partial charge in [-0.2, -0.15) is 0 Å². The quantitative estimate of drug-likeness (QED) is 0.512. The second-order valence-electron chi connectivity index (χ2n) is 4.50. The molecule has 0 radical (unpaired) electrons. The molecule has 1 unspecified atom stereocenters. The first-order valence-corrected chi connectivity index (χ1v) is 9.38. The molecule has 2 aromatic rings. The van der Waals surface area contributed by atoms with Crippen LogP contribution >= 0.6 is 43.2 Å². The highest BCUT2D eigenvalue weighted by atomic mass is 79.9. The van der Waals surface area contributed by atoms with Crippen LogP contribution < -0.4 is 9.47 Å². The van der Waals surface area contributed by atoms with Crippen molar-refractivity contribution in [3.63, 3.8) is 0 Å². The number of ether oxygens (including phenoxy) is 2. The molecule has 1 aromatic heterocycles. The summed E-state index contributed by atoms with van der Waals surface area (Å²) in [7, 11) is 0. The number of rotatable bonds is 6. The molecule has 114 valence electrons. The van der Waals surface area contributed by atoms with Gasteiger partial charge in [0.2, 0.25) is 0 Å². The summed E-state index contributed by atoms with van der Waals surface area (Å²) in [5.74, 6) is 1.56. The van der Waals surface area contributed by atoms with Gasteiger partial charge in [0.1, 0.15) is 0 Å². The predicted octanol–water partition coefficient (Wildman–Crippen LogP) is 6.10. The van der Waals surface area contributed by atoms with E-state index < -0.39 is 0 Å². The lowest BCUT2D eigenvalue weighted by Gasteiger charge is -2.16. The maximum Gasteiger partial charge on any atom is 0.162 e. The molecule has 0 fully saturated rings. The first-order valence-electron chi connectivity index (χ1n) is 6.86. The zero-order valence-corrected chi connectivity index (χ0v) is 16.3. The van der Waals surface area contributed by atoms with E-state index in [1.807, 2.05) is 26.0 Å². The molecular formula is C16H18Br2O2S. The normalized spacial score (nSPS) is 12.2. The third-order valence-corrected chi connectivity index (χ3v) is 5.99. The molecule has 1 atom stereocenters. The van der Waals surface area contributed by atoms with Gasteiger partial charge in [-0.05, 0) is 50.6 Å². The number of benzene rings is 1. The van der Waals surface area contributed by atoms with Crippen molar-refractivity contribution in [3.8, 4) is 11.5 Å². The average Bonchev–Trinajstić information content (AvgIpc) is 2.88. The smallest absolute Gasteiger partial charge is 0.162 e. The Balaban J connectivity index is 2.40. The summed E-state index contributed by atoms with van der Waals surface area (Å²) in [5, 5.41) is 0. The molecule has 0 spiro atoms. The van der Waals surface area contributed by atoms with Crippen LogP contribution in [0.5, 0.6) is 11.5 Å². The molecule has 0 saturated carbocycles. The molecule has 0 saturated heterocycles. The van der Waals surface area contributed by atoms with Crippen LogP contribution in [0.1, 0.15) is 34.0 Å². The van der Waals surface area contributed by atoms with Crippen LogP contribution in [-0.2, 0) is 0 Å². The van der Waals surface area contributed by atoms with Crippen LogP contribution in [0.25, 0.3) is 0 Å². The molecule has 0 bridgehead atoms. The molecule has 2 nitrogen and oxygen atoms in total. The van der Waals surface area contributed by atoms with E-state index >= 15 is 0 Å². The van der Waals surface area contributed by atoms with Gasteiger partial charge in [0, 0.05) is 14.2 Å². The Kier molecular flexibility index (Phi) is 6.14. The van der Waals surface area contributed by atoms with Crippen molar-refractivity contribution in [2.45, 2.75) is 25.6 Å². The standard InChI is InChI=1S/C16H18Br2O2S/c1-4-19-13-8-11(12(17)9-14(13)20-5-2)16(18)15-7-6-10(3)21-15/h6-9,16H,4-5H2,1-3H3. The summed E-state index contributed by atoms with van der Waals surface area (Å²) in [4.78, 5) is 2.72. The summed E-state index contributed by atoms with van der Waals surface area (Å²) >= 11 is 9.23. The van der Waals surface area contributed by atoms with Gasteiger partial charge in [-0.15, -0.1) is 11.3 Å². The number of hydrogen-bond donors (Lipinski definition) is 0. The molecule has 0 N–H and O–H groups in total. The summed E-state index contributed by atoms with van der Waals surface area (Å²) in [6.07, 6.45) is 0. The zero-order chi connectivity index (χ0) is 15.4. The molecule has 21 heavy (non-hydrogen) atoms. The van der Waals surface area contributed by atoms with Gasteiger partial charge < -0.3 is 9.47 Å². The molecule has 1 heterocycles. The molecule has 0 aliphatic carbocycles. The third-order valence-electron chi connectivity index (χ3n) is 2.95. The summed E-state index contributed by atoms with van der Waals surface area (Å²) in [6.45, 7) is 7.30. The highest BCUT2D eigenvalue weighted by Crippen LogP contribution is 2.43. The van der Waals surface area contributed by atoms with Gasteiger partial charge in [-0.3, -0.25) is 0 Å². The first-order chi connectivity index (χ1) is 10.1. The summed E-state index contributed by atoms with van der Waals surface area (Å²) in [5.41, 5.74) is 1.14. The van der Waals surface area contributed by atoms with Crippen LogP contribution in [0.3, 0.4) is 0 Å². The molecule has 0 aliphatic heterocycles. The monoisotopic (exact) mass is 432 g/mol. The number of halogens is 2. The largest absolute Gasteiger partial charge is 0.490 e. The fraction of sp³-hybridized carbons (Fsp3) is 0.375. The van der Waals surface area contributed by atoms with E-state index in [0.717, 1.165) is 21.5 Å². The van der Waals surface area contributed by atoms with Crippen molar-refractivity contribution in [3.05, 3.63) is 44.1 Å². The van der Waals surface area contributed by atoms with E-state index in [4.69, 9.17) is 9.47 Å². The molecule has 1 aromatic carbocycles. The summed E-state index contributed by atoms with van der Waals surface area (Å²) in [6, 6.07) is 8.33. The molecule has 0 aliphatic rings. The predicted molar refractivity (Wildman–Crippen MR) is 96.3 cm³/mol. The van der Waals surface area contributed by atoms with Gasteiger partial charge >= 0.3 is 0 Å². The van der Waals surface area contributed by atoms with Crippen molar-refractivity contribution in [1.29, 1.82) is 0 Å². The fourth-order valence-electron chi connectivity index (χ4n) is 2.02. The van der Waals surface area contributed by atoms with Crippen LogP contribution in [-0.4, -0.2) is 13.2 Å². The Bertz CT molecular complexity index is 610. The van der Waals surface area contributed by atoms with Gasteiger partial charge in [-0.25, -0.2) is 0 Å². The minimum atomic E-state index is 0.139. The lowest BCUT2D eigenvalue weighted by Crippen LogP contribution is -2.01. The van der Waals surface area contributed by atoms with Gasteiger partial charge in [0.05, 0.1) is 18.0 Å². The van der Waals surface area contributed by atoms with Crippen molar-refractivity contribution < 1.29 is 9.47 Å². The van der Waals surface area contributed by atoms with Crippen LogP contribution in [0.4, 0.5) is 0 Å². The maximum atomic E-state index is 5.71. The number of hydrogen-bond acceptors (Lipinski definition) is 3. The second-order valence-corrected chi connectivity index (χ2v) is 7.59. The van der Waals surface area contributed by atoms with Crippen molar-refractivity contribution in [2.24, 2.45) is 0 Å². The van der Waals surface area contributed by atoms with Gasteiger partial charge in [0.25, 0.3) is 0 Å². The second kappa shape index (κ2) is 7.65. The highest BCUT2D eigenvalue weighted by Gasteiger charge is 2.19. The third kappa shape index (κ3) is 4.02. The minimum absolute atomic E-state index is 0.139. The Morgan fingerprint density at radius 3 is 2.24 bits per heavy atom.